The third kappa shape index (κ3) is 3.62. The zero-order chi connectivity index (χ0) is 21.2. The molecule has 4 aromatic heterocycles. The Morgan fingerprint density at radius 2 is 1.84 bits per heavy atom. The molecule has 0 N–H and O–H groups in total. The molecule has 8 heteroatoms. The van der Waals surface area contributed by atoms with Crippen LogP contribution < -0.4 is 5.56 Å². The van der Waals surface area contributed by atoms with Crippen LogP contribution in [-0.2, 0) is 11.3 Å². The zero-order valence-electron chi connectivity index (χ0n) is 16.2. The largest absolute Gasteiger partial charge is 0.463 e. The van der Waals surface area contributed by atoms with Crippen LogP contribution in [0, 0.1) is 0 Å². The minimum absolute atomic E-state index is 0.143. The molecule has 0 saturated carbocycles. The minimum atomic E-state index is -0.593. The predicted molar refractivity (Wildman–Crippen MR) is 112 cm³/mol. The average Bonchev–Trinajstić information content (AvgIpc) is 3.48. The van der Waals surface area contributed by atoms with E-state index in [9.17, 15) is 9.59 Å². The number of esters is 1. The molecule has 8 nitrogen and oxygen atoms in total. The van der Waals surface area contributed by atoms with Crippen LogP contribution in [0.3, 0.4) is 0 Å². The third-order valence-corrected chi connectivity index (χ3v) is 4.67. The number of nitrogens with zero attached hydrogens (tertiary/aromatic N) is 4. The second kappa shape index (κ2) is 7.75. The summed E-state index contributed by atoms with van der Waals surface area (Å²) in [5.41, 5.74) is 2.04. The van der Waals surface area contributed by atoms with Crippen molar-refractivity contribution < 1.29 is 13.9 Å². The Labute approximate surface area is 176 Å². The molecule has 0 amide bonds. The Bertz CT molecular complexity index is 1420. The number of carbonyl (C=O) groups is 1. The Morgan fingerprint density at radius 1 is 1.00 bits per heavy atom. The summed E-state index contributed by atoms with van der Waals surface area (Å²) in [5, 5.41) is 4.51. The Kier molecular flexibility index (Phi) is 4.64. The van der Waals surface area contributed by atoms with Crippen LogP contribution in [0.2, 0.25) is 0 Å². The quantitative estimate of drug-likeness (QED) is 0.410. The number of hydrogen-bond donors (Lipinski definition) is 0. The topological polar surface area (TPSA) is 91.6 Å². The molecule has 0 atom stereocenters. The zero-order valence-corrected chi connectivity index (χ0v) is 16.2. The van der Waals surface area contributed by atoms with Crippen molar-refractivity contribution in [2.45, 2.75) is 6.61 Å². The SMILES string of the molecule is O=C(OCc1cc(=O)n2ccccc2n1)c1cc(-c2ccco2)nn1-c1ccccc1. The second-order valence-electron chi connectivity index (χ2n) is 6.73. The van der Waals surface area contributed by atoms with E-state index in [-0.39, 0.29) is 17.9 Å². The fourth-order valence-corrected chi connectivity index (χ4v) is 3.23. The second-order valence-corrected chi connectivity index (χ2v) is 6.73. The number of fused-ring (bicyclic) bond motifs is 1. The van der Waals surface area contributed by atoms with Crippen LogP contribution in [0.25, 0.3) is 22.8 Å². The molecule has 0 aliphatic heterocycles. The van der Waals surface area contributed by atoms with Crippen molar-refractivity contribution in [2.24, 2.45) is 0 Å². The van der Waals surface area contributed by atoms with Crippen molar-refractivity contribution in [1.82, 2.24) is 19.2 Å². The number of carbonyl (C=O) groups excluding carboxylic acids is 1. The first kappa shape index (κ1) is 18.6. The van der Waals surface area contributed by atoms with Gasteiger partial charge in [0.05, 0.1) is 17.6 Å². The van der Waals surface area contributed by atoms with Gasteiger partial charge in [0.25, 0.3) is 5.56 Å². The summed E-state index contributed by atoms with van der Waals surface area (Å²) in [5.74, 6) is -0.0582. The van der Waals surface area contributed by atoms with Crippen molar-refractivity contribution in [3.8, 4) is 17.1 Å². The first-order valence-corrected chi connectivity index (χ1v) is 9.53. The predicted octanol–water partition coefficient (Wildman–Crippen LogP) is 3.50. The summed E-state index contributed by atoms with van der Waals surface area (Å²) >= 11 is 0. The molecule has 4 heterocycles. The summed E-state index contributed by atoms with van der Waals surface area (Å²) in [6, 6.07) is 21.0. The highest BCUT2D eigenvalue weighted by atomic mass is 16.5. The van der Waals surface area contributed by atoms with Crippen molar-refractivity contribution >= 4 is 11.6 Å². The van der Waals surface area contributed by atoms with Crippen molar-refractivity contribution in [1.29, 1.82) is 0 Å². The molecule has 0 spiro atoms. The highest BCUT2D eigenvalue weighted by Gasteiger charge is 2.20. The summed E-state index contributed by atoms with van der Waals surface area (Å²) < 4.78 is 13.8. The lowest BCUT2D eigenvalue weighted by atomic mass is 10.3. The monoisotopic (exact) mass is 412 g/mol. The van der Waals surface area contributed by atoms with Gasteiger partial charge >= 0.3 is 5.97 Å². The summed E-state index contributed by atoms with van der Waals surface area (Å²) in [6.45, 7) is -0.143. The van der Waals surface area contributed by atoms with Crippen LogP contribution in [0.4, 0.5) is 0 Å². The third-order valence-electron chi connectivity index (χ3n) is 4.67. The number of benzene rings is 1. The van der Waals surface area contributed by atoms with E-state index in [4.69, 9.17) is 9.15 Å². The number of furan rings is 1. The lowest BCUT2D eigenvalue weighted by molar-refractivity contribution is 0.0457. The molecule has 0 unspecified atom stereocenters. The van der Waals surface area contributed by atoms with Crippen molar-refractivity contribution in [3.05, 3.63) is 107 Å². The van der Waals surface area contributed by atoms with Gasteiger partial charge in [-0.3, -0.25) is 9.20 Å². The van der Waals surface area contributed by atoms with Gasteiger partial charge in [0.2, 0.25) is 0 Å². The molecule has 1 aromatic carbocycles. The van der Waals surface area contributed by atoms with E-state index in [2.05, 4.69) is 10.1 Å². The maximum absolute atomic E-state index is 12.9. The Morgan fingerprint density at radius 3 is 2.65 bits per heavy atom. The minimum Gasteiger partial charge on any atom is -0.463 e. The van der Waals surface area contributed by atoms with E-state index >= 15 is 0 Å². The van der Waals surface area contributed by atoms with Gasteiger partial charge in [-0.2, -0.15) is 5.10 Å². The lowest BCUT2D eigenvalue weighted by Gasteiger charge is -2.08. The average molecular weight is 412 g/mol. The van der Waals surface area contributed by atoms with Crippen LogP contribution in [0.15, 0.2) is 94.5 Å². The number of ether oxygens (including phenoxy) is 1. The van der Waals surface area contributed by atoms with Gasteiger partial charge in [-0.25, -0.2) is 14.5 Å². The van der Waals surface area contributed by atoms with Gasteiger partial charge in [-0.15, -0.1) is 0 Å². The van der Waals surface area contributed by atoms with Gasteiger partial charge in [0.15, 0.2) is 11.5 Å². The molecule has 31 heavy (non-hydrogen) atoms. The van der Waals surface area contributed by atoms with Gasteiger partial charge in [-0.1, -0.05) is 24.3 Å². The van der Waals surface area contributed by atoms with E-state index in [0.717, 1.165) is 0 Å². The van der Waals surface area contributed by atoms with E-state index in [1.807, 2.05) is 30.3 Å². The van der Waals surface area contributed by atoms with Crippen LogP contribution in [-0.4, -0.2) is 25.1 Å². The van der Waals surface area contributed by atoms with E-state index in [1.165, 1.54) is 15.1 Å². The fraction of sp³-hybridized carbons (Fsp3) is 0.0435. The molecular weight excluding hydrogens is 396 g/mol. The summed E-state index contributed by atoms with van der Waals surface area (Å²) in [6.07, 6.45) is 3.17. The molecule has 152 valence electrons. The number of para-hydroxylation sites is 1. The smallest absolute Gasteiger partial charge is 0.357 e. The maximum Gasteiger partial charge on any atom is 0.357 e. The number of aromatic nitrogens is 4. The van der Waals surface area contributed by atoms with Crippen LogP contribution >= 0.6 is 0 Å². The van der Waals surface area contributed by atoms with Gasteiger partial charge < -0.3 is 9.15 Å². The first-order chi connectivity index (χ1) is 15.2. The van der Waals surface area contributed by atoms with Crippen LogP contribution in [0.1, 0.15) is 16.2 Å². The molecule has 5 rings (SSSR count). The number of rotatable bonds is 5. The van der Waals surface area contributed by atoms with Gasteiger partial charge in [-0.05, 0) is 36.4 Å². The van der Waals surface area contributed by atoms with E-state index in [0.29, 0.717) is 28.5 Å². The van der Waals surface area contributed by atoms with E-state index < -0.39 is 5.97 Å². The molecule has 0 radical (unpaired) electrons. The first-order valence-electron chi connectivity index (χ1n) is 9.53. The highest BCUT2D eigenvalue weighted by molar-refractivity contribution is 5.89. The molecular formula is C23H16N4O4. The Balaban J connectivity index is 1.45. The highest BCUT2D eigenvalue weighted by Crippen LogP contribution is 2.23. The fourth-order valence-electron chi connectivity index (χ4n) is 3.23. The normalized spacial score (nSPS) is 11.0. The molecule has 0 bridgehead atoms. The molecule has 0 aliphatic carbocycles. The van der Waals surface area contributed by atoms with E-state index in [1.54, 1.807) is 48.9 Å². The molecule has 5 aromatic rings. The lowest BCUT2D eigenvalue weighted by Crippen LogP contribution is -2.17. The number of pyridine rings is 1. The molecule has 0 saturated heterocycles. The summed E-state index contributed by atoms with van der Waals surface area (Å²) in [4.78, 5) is 29.5. The maximum atomic E-state index is 12.9. The molecule has 0 fully saturated rings. The molecule has 0 aliphatic rings. The van der Waals surface area contributed by atoms with Gasteiger partial charge in [0, 0.05) is 18.3 Å². The summed E-state index contributed by atoms with van der Waals surface area (Å²) in [7, 11) is 0. The standard InChI is InChI=1S/C23H16N4O4/c28-22-13-16(24-21-10-4-5-11-26(21)22)15-31-23(29)19-14-18(20-9-6-12-30-20)25-27(19)17-7-2-1-3-8-17/h1-14H,15H2. The van der Waals surface area contributed by atoms with Crippen molar-refractivity contribution in [3.63, 3.8) is 0 Å². The van der Waals surface area contributed by atoms with Crippen LogP contribution in [0.5, 0.6) is 0 Å². The number of hydrogen-bond acceptors (Lipinski definition) is 6. The Hall–Kier alpha value is -4.46. The van der Waals surface area contributed by atoms with Gasteiger partial charge in [0.1, 0.15) is 17.9 Å². The van der Waals surface area contributed by atoms with Crippen molar-refractivity contribution in [2.75, 3.05) is 0 Å².